The van der Waals surface area contributed by atoms with Gasteiger partial charge in [0.05, 0.1) is 0 Å². The lowest BCUT2D eigenvalue weighted by Gasteiger charge is -2.10. The number of benzene rings is 4. The third-order valence-electron chi connectivity index (χ3n) is 6.68. The summed E-state index contributed by atoms with van der Waals surface area (Å²) >= 11 is 0. The molecule has 4 amide bonds. The maximum Gasteiger partial charge on any atom is 0.315 e. The number of urea groups is 2. The molecule has 0 saturated heterocycles. The van der Waals surface area contributed by atoms with Crippen LogP contribution in [0.3, 0.4) is 0 Å². The predicted molar refractivity (Wildman–Crippen MR) is 151 cm³/mol. The minimum atomic E-state index is -0.320. The molecule has 0 aromatic heterocycles. The first-order valence-electron chi connectivity index (χ1n) is 12.9. The molecule has 40 heavy (non-hydrogen) atoms. The number of hydrogen-bond acceptors (Lipinski definition) is 4. The van der Waals surface area contributed by atoms with Gasteiger partial charge in [0.15, 0.2) is 11.6 Å². The highest BCUT2D eigenvalue weighted by Crippen LogP contribution is 2.14. The Morgan fingerprint density at radius 1 is 0.325 bits per heavy atom. The molecule has 0 saturated carbocycles. The van der Waals surface area contributed by atoms with Crippen molar-refractivity contribution in [1.29, 1.82) is 0 Å². The fourth-order valence-electron chi connectivity index (χ4n) is 4.28. The standard InChI is InChI=1S/C32H28N4O4/c37-29-25-9-1-21(2-10-25)17-33-31(39)34-18-23-5-13-27(14-6-23)30(38)28-15-7-24(8-16-28)20-36-32(40)35-19-22-3-11-26(29)12-4-22/h1-16H,17-20H2,(H2,33,34,39)(H2,35,36,40). The Morgan fingerprint density at radius 2 is 0.525 bits per heavy atom. The highest BCUT2D eigenvalue weighted by Gasteiger charge is 2.12. The molecule has 11 rings (SSSR count). The molecule has 0 unspecified atom stereocenters. The van der Waals surface area contributed by atoms with Crippen molar-refractivity contribution in [2.45, 2.75) is 26.2 Å². The summed E-state index contributed by atoms with van der Waals surface area (Å²) in [6, 6.07) is 27.7. The molecular weight excluding hydrogens is 504 g/mol. The largest absolute Gasteiger partial charge is 0.334 e. The SMILES string of the molecule is O=C1NCc2ccc(cc2)C(=O)c2ccc(cc2)CNC(=O)NCc2ccc(cc2)C(=O)c2ccc(cc2)CN1. The van der Waals surface area contributed by atoms with Crippen LogP contribution >= 0.6 is 0 Å². The molecule has 7 aliphatic rings. The fourth-order valence-corrected chi connectivity index (χ4v) is 4.28. The Hall–Kier alpha value is -5.24. The van der Waals surface area contributed by atoms with Crippen LogP contribution in [0.4, 0.5) is 9.59 Å². The average Bonchev–Trinajstić information content (AvgIpc) is 3.00. The number of carbonyl (C=O) groups excluding carboxylic acids is 4. The number of hydrogen-bond donors (Lipinski definition) is 4. The Labute approximate surface area is 231 Å². The Morgan fingerprint density at radius 3 is 0.725 bits per heavy atom. The Kier molecular flexibility index (Phi) is 7.97. The van der Waals surface area contributed by atoms with E-state index in [1.54, 1.807) is 48.5 Å². The van der Waals surface area contributed by atoms with E-state index in [9.17, 15) is 19.2 Å². The van der Waals surface area contributed by atoms with Gasteiger partial charge in [0.1, 0.15) is 0 Å². The molecule has 0 spiro atoms. The van der Waals surface area contributed by atoms with E-state index in [1.807, 2.05) is 48.5 Å². The Balaban J connectivity index is 1.32. The number of rotatable bonds is 0. The van der Waals surface area contributed by atoms with Crippen LogP contribution in [0.25, 0.3) is 0 Å². The van der Waals surface area contributed by atoms with Gasteiger partial charge >= 0.3 is 12.1 Å². The summed E-state index contributed by atoms with van der Waals surface area (Å²) in [6.07, 6.45) is 0. The molecule has 7 heterocycles. The van der Waals surface area contributed by atoms with Gasteiger partial charge < -0.3 is 21.3 Å². The van der Waals surface area contributed by atoms with Crippen molar-refractivity contribution < 1.29 is 19.2 Å². The highest BCUT2D eigenvalue weighted by molar-refractivity contribution is 6.09. The second kappa shape index (κ2) is 12.1. The number of nitrogens with one attached hydrogen (secondary N) is 4. The average molecular weight is 533 g/mol. The van der Waals surface area contributed by atoms with Crippen LogP contribution in [0.5, 0.6) is 0 Å². The van der Waals surface area contributed by atoms with E-state index >= 15 is 0 Å². The van der Waals surface area contributed by atoms with Gasteiger partial charge in [-0.05, 0) is 22.3 Å². The molecule has 8 nitrogen and oxygen atoms in total. The molecule has 4 N–H and O–H groups in total. The van der Waals surface area contributed by atoms with Gasteiger partial charge in [-0.15, -0.1) is 0 Å². The molecule has 0 fully saturated rings. The predicted octanol–water partition coefficient (Wildman–Crippen LogP) is 4.46. The van der Waals surface area contributed by atoms with E-state index in [1.165, 1.54) is 0 Å². The minimum Gasteiger partial charge on any atom is -0.334 e. The van der Waals surface area contributed by atoms with Gasteiger partial charge in [-0.3, -0.25) is 9.59 Å². The van der Waals surface area contributed by atoms with Crippen LogP contribution in [0, 0.1) is 0 Å². The fraction of sp³-hybridized carbons (Fsp3) is 0.125. The lowest BCUT2D eigenvalue weighted by molar-refractivity contribution is 0.103. The first kappa shape index (κ1) is 26.4. The molecule has 4 aromatic rings. The maximum absolute atomic E-state index is 12.9. The molecule has 0 aliphatic carbocycles. The number of amides is 4. The van der Waals surface area contributed by atoms with Crippen LogP contribution < -0.4 is 21.3 Å². The molecule has 8 bridgehead atoms. The molecule has 0 atom stereocenters. The second-order valence-electron chi connectivity index (χ2n) is 9.52. The molecule has 0 radical (unpaired) electrons. The van der Waals surface area contributed by atoms with Gasteiger partial charge in [0.2, 0.25) is 0 Å². The number of ketones is 2. The van der Waals surface area contributed by atoms with E-state index in [0.717, 1.165) is 22.3 Å². The zero-order valence-corrected chi connectivity index (χ0v) is 21.7. The molecule has 4 aromatic carbocycles. The van der Waals surface area contributed by atoms with E-state index in [2.05, 4.69) is 21.3 Å². The molecule has 200 valence electrons. The summed E-state index contributed by atoms with van der Waals surface area (Å²) in [6.45, 7) is 1.23. The minimum absolute atomic E-state index is 0.110. The molecular formula is C32H28N4O4. The van der Waals surface area contributed by atoms with Crippen LogP contribution in [-0.4, -0.2) is 23.6 Å². The van der Waals surface area contributed by atoms with Gasteiger partial charge in [0, 0.05) is 48.4 Å². The van der Waals surface area contributed by atoms with E-state index in [0.29, 0.717) is 48.4 Å². The second-order valence-corrected chi connectivity index (χ2v) is 9.52. The monoisotopic (exact) mass is 532 g/mol. The lowest BCUT2D eigenvalue weighted by Crippen LogP contribution is -2.34. The summed E-state index contributed by atoms with van der Waals surface area (Å²) < 4.78 is 0. The quantitative estimate of drug-likeness (QED) is 0.268. The van der Waals surface area contributed by atoms with Crippen molar-refractivity contribution in [3.63, 3.8) is 0 Å². The van der Waals surface area contributed by atoms with Crippen molar-refractivity contribution in [2.75, 3.05) is 0 Å². The van der Waals surface area contributed by atoms with Gasteiger partial charge in [-0.2, -0.15) is 0 Å². The number of carbonyl (C=O) groups is 4. The van der Waals surface area contributed by atoms with Crippen molar-refractivity contribution >= 4 is 23.6 Å². The van der Waals surface area contributed by atoms with Crippen molar-refractivity contribution in [3.8, 4) is 0 Å². The first-order chi connectivity index (χ1) is 19.4. The maximum atomic E-state index is 12.9. The smallest absolute Gasteiger partial charge is 0.315 e. The van der Waals surface area contributed by atoms with Gasteiger partial charge in [0.25, 0.3) is 0 Å². The first-order valence-corrected chi connectivity index (χ1v) is 12.9. The van der Waals surface area contributed by atoms with Crippen LogP contribution in [-0.2, 0) is 26.2 Å². The van der Waals surface area contributed by atoms with Crippen molar-refractivity contribution in [2.24, 2.45) is 0 Å². The van der Waals surface area contributed by atoms with Crippen LogP contribution in [0.2, 0.25) is 0 Å². The van der Waals surface area contributed by atoms with Crippen molar-refractivity contribution in [1.82, 2.24) is 21.3 Å². The molecule has 8 heteroatoms. The topological polar surface area (TPSA) is 116 Å². The third-order valence-corrected chi connectivity index (χ3v) is 6.68. The van der Waals surface area contributed by atoms with Gasteiger partial charge in [-0.25, -0.2) is 9.59 Å². The zero-order chi connectivity index (χ0) is 27.9. The van der Waals surface area contributed by atoms with E-state index in [4.69, 9.17) is 0 Å². The normalized spacial score (nSPS) is 14.6. The lowest BCUT2D eigenvalue weighted by atomic mass is 10.0. The summed E-state index contributed by atoms with van der Waals surface area (Å²) in [5.74, 6) is -0.220. The van der Waals surface area contributed by atoms with Crippen LogP contribution in [0.1, 0.15) is 54.1 Å². The summed E-state index contributed by atoms with van der Waals surface area (Å²) in [5.41, 5.74) is 5.60. The summed E-state index contributed by atoms with van der Waals surface area (Å²) in [5, 5.41) is 11.3. The molecule has 7 aliphatic heterocycles. The highest BCUT2D eigenvalue weighted by atomic mass is 16.2. The van der Waals surface area contributed by atoms with Crippen LogP contribution in [0.15, 0.2) is 97.1 Å². The summed E-state index contributed by atoms with van der Waals surface area (Å²) in [7, 11) is 0. The Bertz CT molecular complexity index is 1300. The van der Waals surface area contributed by atoms with Gasteiger partial charge in [-0.1, -0.05) is 97.1 Å². The third kappa shape index (κ3) is 6.60. The summed E-state index contributed by atoms with van der Waals surface area (Å²) in [4.78, 5) is 50.4. The zero-order valence-electron chi connectivity index (χ0n) is 21.7. The van der Waals surface area contributed by atoms with E-state index < -0.39 is 0 Å². The van der Waals surface area contributed by atoms with Crippen molar-refractivity contribution in [3.05, 3.63) is 142 Å². The van der Waals surface area contributed by atoms with E-state index in [-0.39, 0.29) is 23.6 Å².